The van der Waals surface area contributed by atoms with E-state index in [1.165, 1.54) is 0 Å². The van der Waals surface area contributed by atoms with Crippen molar-refractivity contribution >= 4 is 24.2 Å². The summed E-state index contributed by atoms with van der Waals surface area (Å²) in [6.45, 7) is 1.47. The van der Waals surface area contributed by atoms with Crippen LogP contribution in [0.3, 0.4) is 0 Å². The molecule has 1 aliphatic heterocycles. The standard InChI is InChI=1S/C7H13N3O3.ClH/c8-6(11)3-10-7(12)5-4-13-2-1-9-5;/h5,9H,1-4H2,(H2,8,11)(H,10,12);1H/t5-;/m1./s1. The summed E-state index contributed by atoms with van der Waals surface area (Å²) in [6, 6.07) is -0.368. The fraction of sp³-hybridized carbons (Fsp3) is 0.714. The van der Waals surface area contributed by atoms with Crippen LogP contribution in [-0.2, 0) is 14.3 Å². The normalized spacial score (nSPS) is 20.7. The van der Waals surface area contributed by atoms with Gasteiger partial charge in [-0.2, -0.15) is 0 Å². The first-order valence-corrected chi connectivity index (χ1v) is 4.07. The quantitative estimate of drug-likeness (QED) is 0.516. The summed E-state index contributed by atoms with van der Waals surface area (Å²) in [5.41, 5.74) is 4.86. The summed E-state index contributed by atoms with van der Waals surface area (Å²) in [4.78, 5) is 21.6. The van der Waals surface area contributed by atoms with Gasteiger partial charge in [0.05, 0.1) is 19.8 Å². The number of primary amides is 1. The lowest BCUT2D eigenvalue weighted by Gasteiger charge is -2.22. The molecule has 4 N–H and O–H groups in total. The lowest BCUT2D eigenvalue weighted by molar-refractivity contribution is -0.128. The summed E-state index contributed by atoms with van der Waals surface area (Å²) < 4.78 is 5.07. The molecule has 0 spiro atoms. The highest BCUT2D eigenvalue weighted by Crippen LogP contribution is 1.92. The van der Waals surface area contributed by atoms with E-state index in [9.17, 15) is 9.59 Å². The molecule has 0 radical (unpaired) electrons. The fourth-order valence-electron chi connectivity index (χ4n) is 1.03. The van der Waals surface area contributed by atoms with Crippen molar-refractivity contribution in [2.24, 2.45) is 5.73 Å². The highest BCUT2D eigenvalue weighted by atomic mass is 35.5. The summed E-state index contributed by atoms with van der Waals surface area (Å²) in [5, 5.41) is 5.35. The number of carbonyl (C=O) groups excluding carboxylic acids is 2. The van der Waals surface area contributed by atoms with E-state index in [4.69, 9.17) is 10.5 Å². The first kappa shape index (κ1) is 13.2. The first-order chi connectivity index (χ1) is 6.20. The van der Waals surface area contributed by atoms with Gasteiger partial charge in [-0.3, -0.25) is 9.59 Å². The molecule has 1 rings (SSSR count). The van der Waals surface area contributed by atoms with Gasteiger partial charge in [-0.05, 0) is 0 Å². The van der Waals surface area contributed by atoms with Gasteiger partial charge in [-0.25, -0.2) is 0 Å². The molecule has 7 heteroatoms. The van der Waals surface area contributed by atoms with Gasteiger partial charge in [-0.1, -0.05) is 0 Å². The second-order valence-electron chi connectivity index (χ2n) is 2.77. The molecule has 14 heavy (non-hydrogen) atoms. The lowest BCUT2D eigenvalue weighted by atomic mass is 10.2. The molecule has 1 atom stereocenters. The number of halogens is 1. The van der Waals surface area contributed by atoms with Gasteiger partial charge in [-0.15, -0.1) is 12.4 Å². The maximum Gasteiger partial charge on any atom is 0.239 e. The number of rotatable bonds is 3. The SMILES string of the molecule is Cl.NC(=O)CNC(=O)[C@H]1COCCN1. The smallest absolute Gasteiger partial charge is 0.239 e. The Morgan fingerprint density at radius 1 is 1.57 bits per heavy atom. The van der Waals surface area contributed by atoms with Crippen molar-refractivity contribution in [3.63, 3.8) is 0 Å². The van der Waals surface area contributed by atoms with Crippen LogP contribution in [0.4, 0.5) is 0 Å². The molecular formula is C7H14ClN3O3. The molecule has 0 bridgehead atoms. The van der Waals surface area contributed by atoms with E-state index >= 15 is 0 Å². The second-order valence-corrected chi connectivity index (χ2v) is 2.77. The zero-order valence-corrected chi connectivity index (χ0v) is 8.43. The predicted octanol–water partition coefficient (Wildman–Crippen LogP) is -2.00. The molecule has 1 saturated heterocycles. The topological polar surface area (TPSA) is 93.5 Å². The number of carbonyl (C=O) groups is 2. The number of hydrogen-bond acceptors (Lipinski definition) is 4. The molecule has 0 aromatic rings. The van der Waals surface area contributed by atoms with Crippen molar-refractivity contribution in [2.45, 2.75) is 6.04 Å². The number of nitrogens with one attached hydrogen (secondary N) is 2. The van der Waals surface area contributed by atoms with Crippen LogP contribution >= 0.6 is 12.4 Å². The molecular weight excluding hydrogens is 210 g/mol. The van der Waals surface area contributed by atoms with Gasteiger partial charge in [0.15, 0.2) is 0 Å². The zero-order chi connectivity index (χ0) is 9.68. The fourth-order valence-corrected chi connectivity index (χ4v) is 1.03. The van der Waals surface area contributed by atoms with E-state index < -0.39 is 5.91 Å². The molecule has 82 valence electrons. The molecule has 1 aliphatic rings. The highest BCUT2D eigenvalue weighted by Gasteiger charge is 2.20. The molecule has 2 amide bonds. The Balaban J connectivity index is 0.00000169. The molecule has 0 aromatic carbocycles. The van der Waals surface area contributed by atoms with Crippen LogP contribution in [0.25, 0.3) is 0 Å². The average Bonchev–Trinajstić information content (AvgIpc) is 2.15. The van der Waals surface area contributed by atoms with Crippen LogP contribution in [0.15, 0.2) is 0 Å². The molecule has 0 saturated carbocycles. The van der Waals surface area contributed by atoms with Gasteiger partial charge in [0.25, 0.3) is 0 Å². The monoisotopic (exact) mass is 223 g/mol. The van der Waals surface area contributed by atoms with Crippen molar-refractivity contribution in [3.05, 3.63) is 0 Å². The minimum absolute atomic E-state index is 0. The third kappa shape index (κ3) is 4.40. The lowest BCUT2D eigenvalue weighted by Crippen LogP contribution is -2.52. The van der Waals surface area contributed by atoms with Crippen LogP contribution in [-0.4, -0.2) is 44.2 Å². The Morgan fingerprint density at radius 2 is 2.29 bits per heavy atom. The largest absolute Gasteiger partial charge is 0.378 e. The van der Waals surface area contributed by atoms with Crippen LogP contribution in [0.1, 0.15) is 0 Å². The van der Waals surface area contributed by atoms with E-state index in [2.05, 4.69) is 10.6 Å². The van der Waals surface area contributed by atoms with Crippen molar-refractivity contribution in [1.29, 1.82) is 0 Å². The van der Waals surface area contributed by atoms with Gasteiger partial charge in [0, 0.05) is 6.54 Å². The van der Waals surface area contributed by atoms with E-state index in [1.54, 1.807) is 0 Å². The van der Waals surface area contributed by atoms with Gasteiger partial charge >= 0.3 is 0 Å². The van der Waals surface area contributed by atoms with E-state index in [1.807, 2.05) is 0 Å². The van der Waals surface area contributed by atoms with Crippen molar-refractivity contribution < 1.29 is 14.3 Å². The van der Waals surface area contributed by atoms with Crippen molar-refractivity contribution in [3.8, 4) is 0 Å². The molecule has 6 nitrogen and oxygen atoms in total. The number of hydrogen-bond donors (Lipinski definition) is 3. The number of morpholine rings is 1. The van der Waals surface area contributed by atoms with Crippen molar-refractivity contribution in [1.82, 2.24) is 10.6 Å². The van der Waals surface area contributed by atoms with E-state index in [0.29, 0.717) is 19.8 Å². The summed E-state index contributed by atoms with van der Waals surface area (Å²) in [5.74, 6) is -0.802. The summed E-state index contributed by atoms with van der Waals surface area (Å²) in [6.07, 6.45) is 0. The first-order valence-electron chi connectivity index (χ1n) is 4.07. The van der Waals surface area contributed by atoms with Crippen LogP contribution < -0.4 is 16.4 Å². The highest BCUT2D eigenvalue weighted by molar-refractivity contribution is 5.86. The third-order valence-electron chi connectivity index (χ3n) is 1.67. The molecule has 1 fully saturated rings. The Kier molecular flexibility index (Phi) is 6.18. The molecule has 0 unspecified atom stereocenters. The predicted molar refractivity (Wildman–Crippen MR) is 52.1 cm³/mol. The Labute approximate surface area is 88.0 Å². The van der Waals surface area contributed by atoms with Crippen LogP contribution in [0.2, 0.25) is 0 Å². The van der Waals surface area contributed by atoms with Gasteiger partial charge in [0.2, 0.25) is 11.8 Å². The molecule has 0 aliphatic carbocycles. The minimum Gasteiger partial charge on any atom is -0.378 e. The van der Waals surface area contributed by atoms with Crippen LogP contribution in [0, 0.1) is 0 Å². The van der Waals surface area contributed by atoms with Gasteiger partial charge in [0.1, 0.15) is 6.04 Å². The molecule has 0 aromatic heterocycles. The maximum atomic E-state index is 11.2. The third-order valence-corrected chi connectivity index (χ3v) is 1.67. The summed E-state index contributed by atoms with van der Waals surface area (Å²) in [7, 11) is 0. The number of nitrogens with two attached hydrogens (primary N) is 1. The maximum absolute atomic E-state index is 11.2. The summed E-state index contributed by atoms with van der Waals surface area (Å²) >= 11 is 0. The van der Waals surface area contributed by atoms with Crippen molar-refractivity contribution in [2.75, 3.05) is 26.3 Å². The van der Waals surface area contributed by atoms with E-state index in [-0.39, 0.29) is 30.9 Å². The zero-order valence-electron chi connectivity index (χ0n) is 7.62. The van der Waals surface area contributed by atoms with E-state index in [0.717, 1.165) is 0 Å². The Morgan fingerprint density at radius 3 is 2.79 bits per heavy atom. The Hall–Kier alpha value is -0.850. The van der Waals surface area contributed by atoms with Crippen LogP contribution in [0.5, 0.6) is 0 Å². The Bertz CT molecular complexity index is 206. The minimum atomic E-state index is -0.551. The number of ether oxygens (including phenoxy) is 1. The van der Waals surface area contributed by atoms with Gasteiger partial charge < -0.3 is 21.1 Å². The second kappa shape index (κ2) is 6.58. The average molecular weight is 224 g/mol. The molecule has 1 heterocycles. The number of amides is 2.